The van der Waals surface area contributed by atoms with E-state index < -0.39 is 12.0 Å². The zero-order valence-electron chi connectivity index (χ0n) is 17.9. The number of carboxylic acid groups (broad SMARTS) is 1. The zero-order chi connectivity index (χ0) is 21.6. The number of aliphatic carboxylic acids is 1. The largest absolute Gasteiger partial charge is 0.507 e. The molecule has 1 aromatic carbocycles. The first-order valence-electron chi connectivity index (χ1n) is 10.5. The molecule has 160 valence electrons. The average Bonchev–Trinajstić information content (AvgIpc) is 2.65. The number of fused-ring (bicyclic) bond motifs is 1. The molecule has 0 fully saturated rings. The van der Waals surface area contributed by atoms with Crippen molar-refractivity contribution in [3.8, 4) is 5.75 Å². The van der Waals surface area contributed by atoms with Crippen molar-refractivity contribution in [3.63, 3.8) is 0 Å². The molecule has 29 heavy (non-hydrogen) atoms. The van der Waals surface area contributed by atoms with Gasteiger partial charge in [-0.15, -0.1) is 0 Å². The summed E-state index contributed by atoms with van der Waals surface area (Å²) in [6.45, 7) is 8.06. The van der Waals surface area contributed by atoms with E-state index in [4.69, 9.17) is 4.42 Å². The van der Waals surface area contributed by atoms with Crippen molar-refractivity contribution in [1.29, 1.82) is 0 Å². The topological polar surface area (TPSA) is 99.8 Å². The molecule has 0 saturated heterocycles. The van der Waals surface area contributed by atoms with Crippen LogP contribution < -0.4 is 10.9 Å². The molecule has 1 heterocycles. The number of nitrogens with one attached hydrogen (secondary N) is 1. The smallest absolute Gasteiger partial charge is 0.339 e. The molecule has 0 aliphatic rings. The Kier molecular flexibility index (Phi) is 8.26. The van der Waals surface area contributed by atoms with Gasteiger partial charge in [-0.3, -0.25) is 4.79 Å². The van der Waals surface area contributed by atoms with Gasteiger partial charge in [-0.05, 0) is 49.8 Å². The lowest BCUT2D eigenvalue weighted by atomic mass is 9.98. The van der Waals surface area contributed by atoms with Crippen molar-refractivity contribution in [2.45, 2.75) is 78.8 Å². The summed E-state index contributed by atoms with van der Waals surface area (Å²) in [6, 6.07) is 2.59. The Hall–Kier alpha value is -2.34. The van der Waals surface area contributed by atoms with Crippen molar-refractivity contribution in [2.24, 2.45) is 5.92 Å². The molecule has 1 atom stereocenters. The van der Waals surface area contributed by atoms with E-state index in [1.807, 2.05) is 20.8 Å². The van der Waals surface area contributed by atoms with Crippen LogP contribution >= 0.6 is 0 Å². The summed E-state index contributed by atoms with van der Waals surface area (Å²) in [5.41, 5.74) is 1.91. The molecular formula is C23H33NO5. The predicted octanol–water partition coefficient (Wildman–Crippen LogP) is 4.52. The normalized spacial score (nSPS) is 12.6. The third-order valence-corrected chi connectivity index (χ3v) is 5.34. The maximum Gasteiger partial charge on any atom is 0.339 e. The zero-order valence-corrected chi connectivity index (χ0v) is 17.9. The van der Waals surface area contributed by atoms with Gasteiger partial charge in [-0.25, -0.2) is 4.79 Å². The van der Waals surface area contributed by atoms with Gasteiger partial charge in [-0.1, -0.05) is 40.0 Å². The minimum Gasteiger partial charge on any atom is -0.507 e. The lowest BCUT2D eigenvalue weighted by Gasteiger charge is -2.18. The minimum atomic E-state index is -0.939. The second-order valence-corrected chi connectivity index (χ2v) is 8.14. The van der Waals surface area contributed by atoms with E-state index in [1.165, 1.54) is 0 Å². The van der Waals surface area contributed by atoms with Crippen molar-refractivity contribution in [2.75, 3.05) is 0 Å². The molecule has 6 nitrogen and oxygen atoms in total. The van der Waals surface area contributed by atoms with Crippen LogP contribution in [-0.2, 0) is 17.8 Å². The average molecular weight is 404 g/mol. The monoisotopic (exact) mass is 403 g/mol. The summed E-state index contributed by atoms with van der Waals surface area (Å²) in [4.78, 5) is 24.1. The van der Waals surface area contributed by atoms with E-state index in [1.54, 1.807) is 12.1 Å². The Morgan fingerprint density at radius 3 is 2.52 bits per heavy atom. The number of phenols is 1. The van der Waals surface area contributed by atoms with Crippen molar-refractivity contribution < 1.29 is 19.4 Å². The number of hydrogen-bond donors (Lipinski definition) is 3. The molecule has 0 saturated carbocycles. The van der Waals surface area contributed by atoms with Crippen molar-refractivity contribution >= 4 is 16.9 Å². The number of rotatable bonds is 11. The van der Waals surface area contributed by atoms with Crippen LogP contribution in [0.1, 0.15) is 69.6 Å². The van der Waals surface area contributed by atoms with Gasteiger partial charge in [0.2, 0.25) is 0 Å². The van der Waals surface area contributed by atoms with Gasteiger partial charge < -0.3 is 19.9 Å². The summed E-state index contributed by atoms with van der Waals surface area (Å²) in [6.07, 6.45) is 5.43. The summed E-state index contributed by atoms with van der Waals surface area (Å²) in [7, 11) is 0. The van der Waals surface area contributed by atoms with Gasteiger partial charge in [-0.2, -0.15) is 0 Å². The molecule has 1 aromatic heterocycles. The fourth-order valence-corrected chi connectivity index (χ4v) is 3.66. The third-order valence-electron chi connectivity index (χ3n) is 5.34. The number of phenolic OH excluding ortho intramolecular Hbond substituents is 1. The summed E-state index contributed by atoms with van der Waals surface area (Å²) >= 11 is 0. The van der Waals surface area contributed by atoms with Crippen LogP contribution in [0, 0.1) is 12.8 Å². The highest BCUT2D eigenvalue weighted by Crippen LogP contribution is 2.30. The number of benzene rings is 1. The van der Waals surface area contributed by atoms with Gasteiger partial charge in [0.25, 0.3) is 0 Å². The van der Waals surface area contributed by atoms with E-state index in [-0.39, 0.29) is 23.8 Å². The first-order chi connectivity index (χ1) is 13.8. The molecule has 0 radical (unpaired) electrons. The molecular weight excluding hydrogens is 370 g/mol. The van der Waals surface area contributed by atoms with Gasteiger partial charge >= 0.3 is 11.6 Å². The van der Waals surface area contributed by atoms with Crippen LogP contribution in [0.15, 0.2) is 21.3 Å². The molecule has 0 spiro atoms. The molecule has 2 aromatic rings. The molecule has 3 N–H and O–H groups in total. The second-order valence-electron chi connectivity index (χ2n) is 8.14. The number of hydrogen-bond acceptors (Lipinski definition) is 5. The van der Waals surface area contributed by atoms with E-state index in [0.29, 0.717) is 29.6 Å². The number of carbonyl (C=O) groups is 1. The SMILES string of the molecule is CCCCCCc1c(C)c2ccc(O)c(CNC(CC(C)C)C(=O)O)c2oc1=O. The van der Waals surface area contributed by atoms with Gasteiger partial charge in [0.05, 0.1) is 5.56 Å². The number of carboxylic acids is 1. The summed E-state index contributed by atoms with van der Waals surface area (Å²) in [5, 5.41) is 23.5. The Morgan fingerprint density at radius 1 is 1.17 bits per heavy atom. The highest BCUT2D eigenvalue weighted by Gasteiger charge is 2.21. The fraction of sp³-hybridized carbons (Fsp3) is 0.565. The maximum atomic E-state index is 12.6. The first-order valence-corrected chi connectivity index (χ1v) is 10.5. The quantitative estimate of drug-likeness (QED) is 0.377. The van der Waals surface area contributed by atoms with Crippen LogP contribution in [-0.4, -0.2) is 22.2 Å². The van der Waals surface area contributed by atoms with Crippen LogP contribution in [0.25, 0.3) is 11.0 Å². The number of unbranched alkanes of at least 4 members (excludes halogenated alkanes) is 3. The standard InChI is InChI=1S/C23H33NO5/c1-5-6-7-8-9-17-15(4)16-10-11-20(25)18(21(16)29-23(17)28)13-24-19(22(26)27)12-14(2)3/h10-11,14,19,24-25H,5-9,12-13H2,1-4H3,(H,26,27). The Bertz CT molecular complexity index is 900. The Balaban J connectivity index is 2.35. The van der Waals surface area contributed by atoms with Crippen LogP contribution in [0.5, 0.6) is 5.75 Å². The van der Waals surface area contributed by atoms with E-state index in [0.717, 1.165) is 36.6 Å². The van der Waals surface area contributed by atoms with E-state index >= 15 is 0 Å². The second kappa shape index (κ2) is 10.4. The lowest BCUT2D eigenvalue weighted by molar-refractivity contribution is -0.140. The number of aryl methyl sites for hydroxylation is 1. The number of aromatic hydroxyl groups is 1. The van der Waals surface area contributed by atoms with Crippen molar-refractivity contribution in [3.05, 3.63) is 39.2 Å². The molecule has 0 aliphatic heterocycles. The fourth-order valence-electron chi connectivity index (χ4n) is 3.66. The molecule has 0 amide bonds. The van der Waals surface area contributed by atoms with Crippen LogP contribution in [0.4, 0.5) is 0 Å². The van der Waals surface area contributed by atoms with Gasteiger partial charge in [0.1, 0.15) is 17.4 Å². The van der Waals surface area contributed by atoms with E-state index in [2.05, 4.69) is 12.2 Å². The Labute approximate surface area is 171 Å². The summed E-state index contributed by atoms with van der Waals surface area (Å²) < 4.78 is 5.61. The highest BCUT2D eigenvalue weighted by molar-refractivity contribution is 5.85. The Morgan fingerprint density at radius 2 is 1.90 bits per heavy atom. The maximum absolute atomic E-state index is 12.6. The van der Waals surface area contributed by atoms with Crippen molar-refractivity contribution in [1.82, 2.24) is 5.32 Å². The van der Waals surface area contributed by atoms with Crippen LogP contribution in [0.3, 0.4) is 0 Å². The molecule has 6 heteroatoms. The lowest BCUT2D eigenvalue weighted by Crippen LogP contribution is -2.37. The highest BCUT2D eigenvalue weighted by atomic mass is 16.4. The van der Waals surface area contributed by atoms with Gasteiger partial charge in [0.15, 0.2) is 0 Å². The third kappa shape index (κ3) is 5.82. The van der Waals surface area contributed by atoms with E-state index in [9.17, 15) is 19.8 Å². The predicted molar refractivity (Wildman–Crippen MR) is 114 cm³/mol. The minimum absolute atomic E-state index is 0.0167. The summed E-state index contributed by atoms with van der Waals surface area (Å²) in [5.74, 6) is -0.748. The van der Waals surface area contributed by atoms with Gasteiger partial charge in [0, 0.05) is 17.5 Å². The molecule has 1 unspecified atom stereocenters. The van der Waals surface area contributed by atoms with Crippen LogP contribution in [0.2, 0.25) is 0 Å². The molecule has 0 aliphatic carbocycles. The molecule has 0 bridgehead atoms. The first kappa shape index (κ1) is 22.9. The molecule has 2 rings (SSSR count).